The molecule has 1 aliphatic carbocycles. The van der Waals surface area contributed by atoms with E-state index in [9.17, 15) is 0 Å². The molecule has 1 saturated heterocycles. The quantitative estimate of drug-likeness (QED) is 0.855. The van der Waals surface area contributed by atoms with Crippen LogP contribution in [0.1, 0.15) is 50.1 Å². The average molecular weight is 282 g/mol. The van der Waals surface area contributed by atoms with Gasteiger partial charge in [-0.1, -0.05) is 49.6 Å². The molecule has 1 N–H and O–H groups in total. The molecule has 0 radical (unpaired) electrons. The summed E-state index contributed by atoms with van der Waals surface area (Å²) in [6.45, 7) is 3.21. The van der Waals surface area contributed by atoms with Gasteiger partial charge >= 0.3 is 0 Å². The van der Waals surface area contributed by atoms with Gasteiger partial charge in [0.05, 0.1) is 0 Å². The molecule has 1 spiro atoms. The summed E-state index contributed by atoms with van der Waals surface area (Å²) in [7, 11) is 0. The number of piperazine rings is 1. The van der Waals surface area contributed by atoms with Crippen LogP contribution < -0.4 is 5.32 Å². The Kier molecular flexibility index (Phi) is 4.63. The number of terminal acetylenes is 1. The second-order valence-electron chi connectivity index (χ2n) is 6.57. The number of benzene rings is 1. The second kappa shape index (κ2) is 6.64. The zero-order valence-corrected chi connectivity index (χ0v) is 12.9. The van der Waals surface area contributed by atoms with Gasteiger partial charge in [-0.15, -0.1) is 12.3 Å². The molecule has 0 bridgehead atoms. The molecule has 2 nitrogen and oxygen atoms in total. The maximum Gasteiger partial charge on any atom is 0.0474 e. The molecule has 1 aliphatic heterocycles. The van der Waals surface area contributed by atoms with Crippen LogP contribution in [0.5, 0.6) is 0 Å². The lowest BCUT2D eigenvalue weighted by Gasteiger charge is -2.50. The smallest absolute Gasteiger partial charge is 0.0474 e. The molecule has 3 rings (SSSR count). The van der Waals surface area contributed by atoms with Gasteiger partial charge in [0.2, 0.25) is 0 Å². The van der Waals surface area contributed by atoms with Crippen molar-refractivity contribution in [3.8, 4) is 12.3 Å². The zero-order chi connectivity index (χ0) is 14.5. The highest BCUT2D eigenvalue weighted by atomic mass is 15.3. The molecule has 112 valence electrons. The number of nitrogens with one attached hydrogen (secondary N) is 1. The number of nitrogens with zero attached hydrogens (tertiary/aromatic N) is 1. The Bertz CT molecular complexity index is 482. The van der Waals surface area contributed by atoms with Gasteiger partial charge < -0.3 is 5.32 Å². The van der Waals surface area contributed by atoms with Gasteiger partial charge in [-0.25, -0.2) is 0 Å². The van der Waals surface area contributed by atoms with Crippen LogP contribution in [0.3, 0.4) is 0 Å². The van der Waals surface area contributed by atoms with Crippen molar-refractivity contribution in [1.82, 2.24) is 10.2 Å². The first kappa shape index (κ1) is 14.6. The lowest BCUT2D eigenvalue weighted by Crippen LogP contribution is -2.62. The van der Waals surface area contributed by atoms with Gasteiger partial charge in [-0.05, 0) is 18.4 Å². The molecule has 2 fully saturated rings. The minimum atomic E-state index is 0.345. The fraction of sp³-hybridized carbons (Fsp3) is 0.579. The Morgan fingerprint density at radius 2 is 1.95 bits per heavy atom. The summed E-state index contributed by atoms with van der Waals surface area (Å²) in [5.74, 6) is 2.82. The van der Waals surface area contributed by atoms with Crippen LogP contribution in [0.15, 0.2) is 30.3 Å². The standard InChI is InChI=1S/C19H26N2/c1-2-3-14-21-16-19(12-8-5-9-13-19)20-15-18(21)17-10-6-4-7-11-17/h1,4,6-7,10-11,18,20H,3,5,8-9,12-16H2. The molecule has 1 unspecified atom stereocenters. The first-order valence-corrected chi connectivity index (χ1v) is 8.30. The maximum atomic E-state index is 5.51. The summed E-state index contributed by atoms with van der Waals surface area (Å²) in [5.41, 5.74) is 1.76. The van der Waals surface area contributed by atoms with Crippen molar-refractivity contribution >= 4 is 0 Å². The monoisotopic (exact) mass is 282 g/mol. The minimum absolute atomic E-state index is 0.345. The van der Waals surface area contributed by atoms with Gasteiger partial charge in [0.1, 0.15) is 0 Å². The third-order valence-electron chi connectivity index (χ3n) is 5.16. The molecular weight excluding hydrogens is 256 g/mol. The summed E-state index contributed by atoms with van der Waals surface area (Å²) < 4.78 is 0. The number of hydrogen-bond acceptors (Lipinski definition) is 2. The first-order chi connectivity index (χ1) is 10.3. The summed E-state index contributed by atoms with van der Waals surface area (Å²) in [6.07, 6.45) is 13.1. The van der Waals surface area contributed by atoms with E-state index in [0.717, 1.165) is 26.1 Å². The molecule has 2 aliphatic rings. The van der Waals surface area contributed by atoms with E-state index in [2.05, 4.69) is 46.5 Å². The molecular formula is C19H26N2. The fourth-order valence-electron chi connectivity index (χ4n) is 4.01. The Balaban J connectivity index is 1.77. The highest BCUT2D eigenvalue weighted by Crippen LogP contribution is 2.35. The van der Waals surface area contributed by atoms with Crippen molar-refractivity contribution in [1.29, 1.82) is 0 Å². The first-order valence-electron chi connectivity index (χ1n) is 8.30. The Labute approximate surface area is 128 Å². The topological polar surface area (TPSA) is 15.3 Å². The van der Waals surface area contributed by atoms with Gasteiger partial charge in [-0.2, -0.15) is 0 Å². The third-order valence-corrected chi connectivity index (χ3v) is 5.16. The van der Waals surface area contributed by atoms with Crippen molar-refractivity contribution in [2.75, 3.05) is 19.6 Å². The van der Waals surface area contributed by atoms with Gasteiger partial charge in [-0.3, -0.25) is 4.90 Å². The zero-order valence-electron chi connectivity index (χ0n) is 12.9. The molecule has 1 atom stereocenters. The van der Waals surface area contributed by atoms with Crippen molar-refractivity contribution < 1.29 is 0 Å². The highest BCUT2D eigenvalue weighted by molar-refractivity contribution is 5.21. The molecule has 1 saturated carbocycles. The molecule has 0 amide bonds. The van der Waals surface area contributed by atoms with Gasteiger partial charge in [0, 0.05) is 37.6 Å². The summed E-state index contributed by atoms with van der Waals surface area (Å²) in [6, 6.07) is 11.3. The predicted molar refractivity (Wildman–Crippen MR) is 88.0 cm³/mol. The van der Waals surface area contributed by atoms with Crippen molar-refractivity contribution in [3.05, 3.63) is 35.9 Å². The molecule has 2 heteroatoms. The lowest BCUT2D eigenvalue weighted by molar-refractivity contribution is 0.0569. The van der Waals surface area contributed by atoms with Crippen LogP contribution in [0.25, 0.3) is 0 Å². The van der Waals surface area contributed by atoms with Crippen LogP contribution in [0.2, 0.25) is 0 Å². The average Bonchev–Trinajstić information content (AvgIpc) is 2.55. The summed E-state index contributed by atoms with van der Waals surface area (Å²) in [4.78, 5) is 2.62. The van der Waals surface area contributed by atoms with E-state index in [1.165, 1.54) is 37.7 Å². The minimum Gasteiger partial charge on any atom is -0.308 e. The van der Waals surface area contributed by atoms with Crippen LogP contribution in [-0.2, 0) is 0 Å². The van der Waals surface area contributed by atoms with Crippen molar-refractivity contribution in [2.24, 2.45) is 0 Å². The van der Waals surface area contributed by atoms with Crippen molar-refractivity contribution in [3.63, 3.8) is 0 Å². The normalized spacial score (nSPS) is 25.6. The molecule has 1 aromatic rings. The summed E-state index contributed by atoms with van der Waals surface area (Å²) >= 11 is 0. The van der Waals surface area contributed by atoms with Crippen LogP contribution in [0.4, 0.5) is 0 Å². The van der Waals surface area contributed by atoms with E-state index in [0.29, 0.717) is 11.6 Å². The van der Waals surface area contributed by atoms with E-state index >= 15 is 0 Å². The molecule has 0 aromatic heterocycles. The third kappa shape index (κ3) is 3.31. The van der Waals surface area contributed by atoms with Gasteiger partial charge in [0.25, 0.3) is 0 Å². The van der Waals surface area contributed by atoms with E-state index in [-0.39, 0.29) is 0 Å². The molecule has 1 aromatic carbocycles. The van der Waals surface area contributed by atoms with Crippen LogP contribution in [0, 0.1) is 12.3 Å². The highest BCUT2D eigenvalue weighted by Gasteiger charge is 2.39. The van der Waals surface area contributed by atoms with Crippen LogP contribution in [-0.4, -0.2) is 30.1 Å². The Hall–Kier alpha value is -1.30. The maximum absolute atomic E-state index is 5.51. The van der Waals surface area contributed by atoms with E-state index in [1.54, 1.807) is 0 Å². The Morgan fingerprint density at radius 1 is 1.19 bits per heavy atom. The lowest BCUT2D eigenvalue weighted by atomic mass is 9.79. The number of rotatable bonds is 3. The summed E-state index contributed by atoms with van der Waals surface area (Å²) in [5, 5.41) is 3.90. The predicted octanol–water partition coefficient (Wildman–Crippen LogP) is 3.36. The molecule has 21 heavy (non-hydrogen) atoms. The van der Waals surface area contributed by atoms with Gasteiger partial charge in [0.15, 0.2) is 0 Å². The fourth-order valence-corrected chi connectivity index (χ4v) is 4.01. The largest absolute Gasteiger partial charge is 0.308 e. The molecule has 1 heterocycles. The van der Waals surface area contributed by atoms with E-state index < -0.39 is 0 Å². The Morgan fingerprint density at radius 3 is 2.67 bits per heavy atom. The number of hydrogen-bond donors (Lipinski definition) is 1. The van der Waals surface area contributed by atoms with Crippen molar-refractivity contribution in [2.45, 2.75) is 50.1 Å². The van der Waals surface area contributed by atoms with E-state index in [4.69, 9.17) is 6.42 Å². The SMILES string of the molecule is C#CCCN1CC2(CCCCC2)NCC1c1ccccc1. The second-order valence-corrected chi connectivity index (χ2v) is 6.57. The van der Waals surface area contributed by atoms with E-state index in [1.807, 2.05) is 0 Å². The van der Waals surface area contributed by atoms with Crippen LogP contribution >= 0.6 is 0 Å².